The Balaban J connectivity index is 0.00000231. The number of hydrogen-bond acceptors (Lipinski definition) is 5. The molecule has 9 heteroatoms. The van der Waals surface area contributed by atoms with Gasteiger partial charge in [-0.05, 0) is 44.2 Å². The number of ether oxygens (including phenoxy) is 2. The van der Waals surface area contributed by atoms with Crippen LogP contribution >= 0.6 is 12.4 Å². The normalized spacial score (nSPS) is 20.7. The van der Waals surface area contributed by atoms with E-state index in [-0.39, 0.29) is 30.5 Å². The quantitative estimate of drug-likeness (QED) is 0.574. The number of fused-ring (bicyclic) bond motifs is 2. The number of urea groups is 1. The molecule has 2 amide bonds. The van der Waals surface area contributed by atoms with Crippen LogP contribution in [0.25, 0.3) is 11.0 Å². The fourth-order valence-electron chi connectivity index (χ4n) is 4.14. The van der Waals surface area contributed by atoms with Crippen molar-refractivity contribution in [1.82, 2.24) is 20.2 Å². The maximum atomic E-state index is 12.6. The summed E-state index contributed by atoms with van der Waals surface area (Å²) < 4.78 is 11.1. The Morgan fingerprint density at radius 2 is 1.97 bits per heavy atom. The molecule has 2 aliphatic rings. The Hall–Kier alpha value is -2.97. The first-order valence-electron chi connectivity index (χ1n) is 10.3. The van der Waals surface area contributed by atoms with Crippen molar-refractivity contribution in [3.8, 4) is 11.5 Å². The number of carbonyl (C=O) groups excluding carboxylic acids is 1. The van der Waals surface area contributed by atoms with E-state index < -0.39 is 0 Å². The molecule has 1 saturated heterocycles. The van der Waals surface area contributed by atoms with E-state index in [9.17, 15) is 4.79 Å². The van der Waals surface area contributed by atoms with Crippen molar-refractivity contribution in [3.05, 3.63) is 48.3 Å². The number of aromatic amines is 1. The number of likely N-dealkylation sites (tertiary alicyclic amines) is 1. The number of nitrogens with zero attached hydrogens (tertiary/aromatic N) is 2. The van der Waals surface area contributed by atoms with Crippen molar-refractivity contribution in [2.24, 2.45) is 0 Å². The second kappa shape index (κ2) is 9.03. The summed E-state index contributed by atoms with van der Waals surface area (Å²) in [5, 5.41) is 6.02. The second-order valence-electron chi connectivity index (χ2n) is 7.81. The molecule has 0 bridgehead atoms. The Morgan fingerprint density at radius 3 is 2.81 bits per heavy atom. The number of rotatable bonds is 3. The molecule has 0 radical (unpaired) electrons. The predicted octanol–water partition coefficient (Wildman–Crippen LogP) is 3.71. The Kier molecular flexibility index (Phi) is 6.20. The van der Waals surface area contributed by atoms with Crippen LogP contribution in [0.15, 0.2) is 42.5 Å². The van der Waals surface area contributed by atoms with Crippen LogP contribution in [0.4, 0.5) is 10.5 Å². The highest BCUT2D eigenvalue weighted by molar-refractivity contribution is 5.90. The molecule has 8 nitrogen and oxygen atoms in total. The second-order valence-corrected chi connectivity index (χ2v) is 7.81. The molecule has 2 atom stereocenters. The van der Waals surface area contributed by atoms with Gasteiger partial charge in [-0.25, -0.2) is 9.78 Å². The average Bonchev–Trinajstić information content (AvgIpc) is 3.19. The fourth-order valence-corrected chi connectivity index (χ4v) is 4.14. The topological polar surface area (TPSA) is 91.5 Å². The Bertz CT molecular complexity index is 1040. The number of hydrogen-bond donors (Lipinski definition) is 3. The van der Waals surface area contributed by atoms with E-state index >= 15 is 0 Å². The summed E-state index contributed by atoms with van der Waals surface area (Å²) >= 11 is 0. The van der Waals surface area contributed by atoms with Crippen LogP contribution in [-0.4, -0.2) is 53.7 Å². The van der Waals surface area contributed by atoms with Crippen LogP contribution in [0.3, 0.4) is 0 Å². The van der Waals surface area contributed by atoms with Gasteiger partial charge in [-0.2, -0.15) is 0 Å². The van der Waals surface area contributed by atoms with Gasteiger partial charge < -0.3 is 25.1 Å². The van der Waals surface area contributed by atoms with Gasteiger partial charge in [0.2, 0.25) is 0 Å². The number of H-pyrrole nitrogens is 1. The fraction of sp³-hybridized carbons (Fsp3) is 0.364. The molecule has 1 fully saturated rings. The summed E-state index contributed by atoms with van der Waals surface area (Å²) in [6, 6.07) is 13.4. The lowest BCUT2D eigenvalue weighted by molar-refractivity contribution is 0.153. The number of imidazole rings is 1. The van der Waals surface area contributed by atoms with Crippen molar-refractivity contribution >= 4 is 35.2 Å². The molecule has 3 N–H and O–H groups in total. The van der Waals surface area contributed by atoms with Crippen LogP contribution in [0, 0.1) is 0 Å². The van der Waals surface area contributed by atoms with Gasteiger partial charge in [0.1, 0.15) is 19.0 Å². The zero-order valence-electron chi connectivity index (χ0n) is 17.3. The van der Waals surface area contributed by atoms with Crippen LogP contribution in [0.2, 0.25) is 0 Å². The van der Waals surface area contributed by atoms with Gasteiger partial charge in [-0.15, -0.1) is 12.4 Å². The molecular formula is C22H26ClN5O3. The van der Waals surface area contributed by atoms with Gasteiger partial charge in [0.05, 0.1) is 17.1 Å². The molecule has 0 aliphatic carbocycles. The number of nitrogens with one attached hydrogen (secondary N) is 3. The van der Waals surface area contributed by atoms with Gasteiger partial charge in [0.15, 0.2) is 11.5 Å². The number of benzene rings is 2. The number of amides is 2. The van der Waals surface area contributed by atoms with Gasteiger partial charge in [-0.1, -0.05) is 12.1 Å². The Labute approximate surface area is 186 Å². The molecule has 31 heavy (non-hydrogen) atoms. The van der Waals surface area contributed by atoms with E-state index in [4.69, 9.17) is 14.5 Å². The molecule has 2 aromatic carbocycles. The highest BCUT2D eigenvalue weighted by Crippen LogP contribution is 2.33. The minimum absolute atomic E-state index is 0. The van der Waals surface area contributed by atoms with Crippen LogP contribution in [-0.2, 0) is 0 Å². The summed E-state index contributed by atoms with van der Waals surface area (Å²) in [7, 11) is 2.10. The molecule has 1 aromatic heterocycles. The lowest BCUT2D eigenvalue weighted by Gasteiger charge is -2.36. The monoisotopic (exact) mass is 443 g/mol. The molecule has 0 saturated carbocycles. The zero-order valence-corrected chi connectivity index (χ0v) is 18.1. The van der Waals surface area contributed by atoms with Crippen LogP contribution in [0.1, 0.15) is 24.7 Å². The summed E-state index contributed by atoms with van der Waals surface area (Å²) in [5.74, 6) is 2.30. The maximum absolute atomic E-state index is 12.6. The highest BCUT2D eigenvalue weighted by Gasteiger charge is 2.30. The van der Waals surface area contributed by atoms with E-state index in [1.54, 1.807) is 6.07 Å². The minimum atomic E-state index is -0.218. The van der Waals surface area contributed by atoms with Crippen molar-refractivity contribution < 1.29 is 14.3 Å². The van der Waals surface area contributed by atoms with Crippen molar-refractivity contribution in [1.29, 1.82) is 0 Å². The third-order valence-electron chi connectivity index (χ3n) is 5.73. The highest BCUT2D eigenvalue weighted by atomic mass is 35.5. The molecule has 0 unspecified atom stereocenters. The number of para-hydroxylation sites is 2. The van der Waals surface area contributed by atoms with Crippen LogP contribution in [0.5, 0.6) is 11.5 Å². The summed E-state index contributed by atoms with van der Waals surface area (Å²) in [6.07, 6.45) is 1.69. The number of carbonyl (C=O) groups is 1. The molecular weight excluding hydrogens is 418 g/mol. The molecule has 3 heterocycles. The summed E-state index contributed by atoms with van der Waals surface area (Å²) in [6.45, 7) is 1.95. The van der Waals surface area contributed by atoms with Gasteiger partial charge in [-0.3, -0.25) is 4.90 Å². The number of piperidine rings is 1. The van der Waals surface area contributed by atoms with Crippen molar-refractivity contribution in [3.63, 3.8) is 0 Å². The first-order valence-corrected chi connectivity index (χ1v) is 10.3. The summed E-state index contributed by atoms with van der Waals surface area (Å²) in [5.41, 5.74) is 2.68. The zero-order chi connectivity index (χ0) is 20.5. The van der Waals surface area contributed by atoms with Gasteiger partial charge in [0.25, 0.3) is 0 Å². The Morgan fingerprint density at radius 1 is 1.16 bits per heavy atom. The van der Waals surface area contributed by atoms with E-state index in [1.165, 1.54) is 0 Å². The average molecular weight is 444 g/mol. The van der Waals surface area contributed by atoms with E-state index in [2.05, 4.69) is 27.6 Å². The smallest absolute Gasteiger partial charge is 0.319 e. The van der Waals surface area contributed by atoms with E-state index in [0.29, 0.717) is 30.4 Å². The van der Waals surface area contributed by atoms with Crippen molar-refractivity contribution in [2.45, 2.75) is 24.9 Å². The minimum Gasteiger partial charge on any atom is -0.486 e. The molecule has 0 spiro atoms. The standard InChI is InChI=1S/C22H25N5O3.ClH/c1-27-9-8-15(12-18(27)21-25-16-4-2-3-5-17(16)26-21)24-22(28)23-14-6-7-19-20(13-14)30-11-10-29-19;/h2-7,13,15,18H,8-12H2,1H3,(H,25,26)(H2,23,24,28);1H/t15-,18-;/m1./s1. The number of anilines is 1. The largest absolute Gasteiger partial charge is 0.486 e. The SMILES string of the molecule is CN1CC[C@@H](NC(=O)Nc2ccc3c(c2)OCCO3)C[C@@H]1c1nc2ccccc2[nH]1.Cl. The van der Waals surface area contributed by atoms with Crippen LogP contribution < -0.4 is 20.1 Å². The molecule has 3 aromatic rings. The van der Waals surface area contributed by atoms with Gasteiger partial charge >= 0.3 is 6.03 Å². The third kappa shape index (κ3) is 4.55. The lowest BCUT2D eigenvalue weighted by atomic mass is 9.97. The molecule has 164 valence electrons. The molecule has 5 rings (SSSR count). The van der Waals surface area contributed by atoms with E-state index in [0.717, 1.165) is 36.2 Å². The number of halogens is 1. The third-order valence-corrected chi connectivity index (χ3v) is 5.73. The first kappa shape index (κ1) is 21.3. The first-order chi connectivity index (χ1) is 14.7. The van der Waals surface area contributed by atoms with Crippen molar-refractivity contribution in [2.75, 3.05) is 32.1 Å². The predicted molar refractivity (Wildman–Crippen MR) is 121 cm³/mol. The maximum Gasteiger partial charge on any atom is 0.319 e. The van der Waals surface area contributed by atoms with Gasteiger partial charge in [0, 0.05) is 24.3 Å². The molecule has 2 aliphatic heterocycles. The summed E-state index contributed by atoms with van der Waals surface area (Å²) in [4.78, 5) is 23.1. The van der Waals surface area contributed by atoms with E-state index in [1.807, 2.05) is 36.4 Å². The lowest BCUT2D eigenvalue weighted by Crippen LogP contribution is -2.46. The number of aromatic nitrogens is 2.